The molecule has 0 spiro atoms. The highest BCUT2D eigenvalue weighted by Crippen LogP contribution is 2.37. The van der Waals surface area contributed by atoms with Gasteiger partial charge in [0.25, 0.3) is 0 Å². The number of fused-ring (bicyclic) bond motifs is 1. The molecule has 0 radical (unpaired) electrons. The minimum Gasteiger partial charge on any atom is -0.454 e. The van der Waals surface area contributed by atoms with Crippen LogP contribution in [0.1, 0.15) is 23.5 Å². The number of halogens is 1. The van der Waals surface area contributed by atoms with Gasteiger partial charge in [-0.05, 0) is 30.2 Å². The van der Waals surface area contributed by atoms with Crippen LogP contribution in [0.4, 0.5) is 9.18 Å². The molecule has 0 saturated carbocycles. The molecule has 0 aliphatic carbocycles. The number of nitrogens with one attached hydrogen (secondary N) is 1. The molecule has 1 saturated heterocycles. The highest BCUT2D eigenvalue weighted by atomic mass is 19.1. The van der Waals surface area contributed by atoms with Crippen molar-refractivity contribution in [1.82, 2.24) is 10.2 Å². The SMILES string of the molecule is O=C(NCc1ccccc1F)N1CCC(c2ccc3c(c2)OCO3)C(O)C1. The zero-order valence-corrected chi connectivity index (χ0v) is 14.7. The van der Waals surface area contributed by atoms with Crippen molar-refractivity contribution >= 4 is 6.03 Å². The Morgan fingerprint density at radius 1 is 1.22 bits per heavy atom. The second-order valence-corrected chi connectivity index (χ2v) is 6.77. The van der Waals surface area contributed by atoms with E-state index in [1.807, 2.05) is 18.2 Å². The number of hydrogen-bond acceptors (Lipinski definition) is 4. The Labute approximate surface area is 156 Å². The molecule has 2 amide bonds. The van der Waals surface area contributed by atoms with Crippen LogP contribution in [0.25, 0.3) is 0 Å². The lowest BCUT2D eigenvalue weighted by Crippen LogP contribution is -2.49. The van der Waals surface area contributed by atoms with E-state index in [2.05, 4.69) is 5.32 Å². The van der Waals surface area contributed by atoms with Gasteiger partial charge in [0.1, 0.15) is 5.82 Å². The molecule has 0 bridgehead atoms. The number of carbonyl (C=O) groups excluding carboxylic acids is 1. The first kappa shape index (κ1) is 17.6. The molecule has 1 fully saturated rings. The number of benzene rings is 2. The Balaban J connectivity index is 1.35. The first-order valence-corrected chi connectivity index (χ1v) is 8.95. The third-order valence-corrected chi connectivity index (χ3v) is 5.08. The van der Waals surface area contributed by atoms with E-state index >= 15 is 0 Å². The third kappa shape index (κ3) is 3.68. The number of urea groups is 1. The van der Waals surface area contributed by atoms with E-state index in [4.69, 9.17) is 9.47 Å². The number of carbonyl (C=O) groups is 1. The van der Waals surface area contributed by atoms with Gasteiger partial charge in [-0.15, -0.1) is 0 Å². The summed E-state index contributed by atoms with van der Waals surface area (Å²) < 4.78 is 24.4. The van der Waals surface area contributed by atoms with E-state index in [9.17, 15) is 14.3 Å². The lowest BCUT2D eigenvalue weighted by atomic mass is 9.87. The van der Waals surface area contributed by atoms with Crippen LogP contribution < -0.4 is 14.8 Å². The second kappa shape index (κ2) is 7.44. The molecule has 2 unspecified atom stereocenters. The number of aliphatic hydroxyl groups is 1. The van der Waals surface area contributed by atoms with E-state index in [0.717, 1.165) is 5.56 Å². The zero-order valence-electron chi connectivity index (χ0n) is 14.7. The standard InChI is InChI=1S/C20H21FN2O4/c21-16-4-2-1-3-14(16)10-22-20(25)23-8-7-15(17(24)11-23)13-5-6-18-19(9-13)27-12-26-18/h1-6,9,15,17,24H,7-8,10-12H2,(H,22,25). The lowest BCUT2D eigenvalue weighted by Gasteiger charge is -2.36. The summed E-state index contributed by atoms with van der Waals surface area (Å²) in [6.07, 6.45) is -0.0492. The number of rotatable bonds is 3. The Kier molecular flexibility index (Phi) is 4.85. The maximum atomic E-state index is 13.7. The summed E-state index contributed by atoms with van der Waals surface area (Å²) in [5.74, 6) is 0.970. The Hall–Kier alpha value is -2.80. The van der Waals surface area contributed by atoms with Gasteiger partial charge in [-0.3, -0.25) is 0 Å². The van der Waals surface area contributed by atoms with E-state index in [-0.39, 0.29) is 37.6 Å². The van der Waals surface area contributed by atoms with Crippen LogP contribution in [0.5, 0.6) is 11.5 Å². The monoisotopic (exact) mass is 372 g/mol. The number of β-amino-alcohol motifs (C(OH)–C–C–N with tert-alkyl or cyclic N) is 1. The molecule has 2 aliphatic heterocycles. The van der Waals surface area contributed by atoms with Gasteiger partial charge in [0.15, 0.2) is 11.5 Å². The quantitative estimate of drug-likeness (QED) is 0.869. The highest BCUT2D eigenvalue weighted by Gasteiger charge is 2.32. The summed E-state index contributed by atoms with van der Waals surface area (Å²) in [7, 11) is 0. The van der Waals surface area contributed by atoms with Crippen LogP contribution in [-0.4, -0.2) is 42.0 Å². The van der Waals surface area contributed by atoms with E-state index in [0.29, 0.717) is 30.0 Å². The fraction of sp³-hybridized carbons (Fsp3) is 0.350. The fourth-order valence-electron chi connectivity index (χ4n) is 3.57. The smallest absolute Gasteiger partial charge is 0.317 e. The molecule has 2 heterocycles. The summed E-state index contributed by atoms with van der Waals surface area (Å²) in [4.78, 5) is 13.9. The molecule has 27 heavy (non-hydrogen) atoms. The van der Waals surface area contributed by atoms with Crippen LogP contribution in [0.15, 0.2) is 42.5 Å². The molecule has 142 valence electrons. The van der Waals surface area contributed by atoms with Crippen molar-refractivity contribution in [2.45, 2.75) is 25.0 Å². The number of nitrogens with zero attached hydrogens (tertiary/aromatic N) is 1. The van der Waals surface area contributed by atoms with Crippen LogP contribution in [0.2, 0.25) is 0 Å². The molecule has 0 aromatic heterocycles. The van der Waals surface area contributed by atoms with Gasteiger partial charge in [-0.2, -0.15) is 0 Å². The number of hydrogen-bond donors (Lipinski definition) is 2. The Morgan fingerprint density at radius 3 is 2.85 bits per heavy atom. The largest absolute Gasteiger partial charge is 0.454 e. The number of likely N-dealkylation sites (tertiary alicyclic amines) is 1. The molecule has 2 aromatic rings. The molecule has 4 rings (SSSR count). The molecular formula is C20H21FN2O4. The van der Waals surface area contributed by atoms with Gasteiger partial charge < -0.3 is 24.8 Å². The Bertz CT molecular complexity index is 844. The van der Waals surface area contributed by atoms with Gasteiger partial charge in [0.2, 0.25) is 6.79 Å². The van der Waals surface area contributed by atoms with E-state index in [1.54, 1.807) is 23.1 Å². The summed E-state index contributed by atoms with van der Waals surface area (Å²) in [5.41, 5.74) is 1.40. The van der Waals surface area contributed by atoms with Crippen molar-refractivity contribution in [2.75, 3.05) is 19.9 Å². The second-order valence-electron chi connectivity index (χ2n) is 6.77. The average Bonchev–Trinajstić information content (AvgIpc) is 3.15. The third-order valence-electron chi connectivity index (χ3n) is 5.08. The van der Waals surface area contributed by atoms with Crippen LogP contribution in [-0.2, 0) is 6.54 Å². The summed E-state index contributed by atoms with van der Waals surface area (Å²) in [6.45, 7) is 1.06. The number of amides is 2. The number of ether oxygens (including phenoxy) is 2. The minimum absolute atomic E-state index is 0.0740. The van der Waals surface area contributed by atoms with Crippen molar-refractivity contribution in [3.63, 3.8) is 0 Å². The maximum Gasteiger partial charge on any atom is 0.317 e. The summed E-state index contributed by atoms with van der Waals surface area (Å²) in [5, 5.41) is 13.3. The number of aliphatic hydroxyl groups excluding tert-OH is 1. The van der Waals surface area contributed by atoms with Crippen molar-refractivity contribution < 1.29 is 23.8 Å². The van der Waals surface area contributed by atoms with Gasteiger partial charge in [0.05, 0.1) is 6.10 Å². The van der Waals surface area contributed by atoms with Crippen molar-refractivity contribution in [2.24, 2.45) is 0 Å². The first-order chi connectivity index (χ1) is 13.1. The number of piperidine rings is 1. The molecule has 2 N–H and O–H groups in total. The summed E-state index contributed by atoms with van der Waals surface area (Å²) >= 11 is 0. The van der Waals surface area contributed by atoms with E-state index in [1.165, 1.54) is 6.07 Å². The van der Waals surface area contributed by atoms with Crippen molar-refractivity contribution in [3.05, 3.63) is 59.4 Å². The maximum absolute atomic E-state index is 13.7. The molecule has 2 aromatic carbocycles. The Morgan fingerprint density at radius 2 is 2.04 bits per heavy atom. The zero-order chi connectivity index (χ0) is 18.8. The molecular weight excluding hydrogens is 351 g/mol. The van der Waals surface area contributed by atoms with Gasteiger partial charge in [-0.1, -0.05) is 24.3 Å². The van der Waals surface area contributed by atoms with Crippen LogP contribution in [0, 0.1) is 5.82 Å². The highest BCUT2D eigenvalue weighted by molar-refractivity contribution is 5.74. The minimum atomic E-state index is -0.682. The fourth-order valence-corrected chi connectivity index (χ4v) is 3.57. The van der Waals surface area contributed by atoms with Crippen LogP contribution in [0.3, 0.4) is 0 Å². The van der Waals surface area contributed by atoms with Crippen LogP contribution >= 0.6 is 0 Å². The van der Waals surface area contributed by atoms with E-state index < -0.39 is 6.10 Å². The predicted molar refractivity (Wildman–Crippen MR) is 96.1 cm³/mol. The first-order valence-electron chi connectivity index (χ1n) is 8.95. The molecule has 7 heteroatoms. The van der Waals surface area contributed by atoms with Gasteiger partial charge in [-0.25, -0.2) is 9.18 Å². The topological polar surface area (TPSA) is 71.0 Å². The van der Waals surface area contributed by atoms with Crippen molar-refractivity contribution in [3.8, 4) is 11.5 Å². The van der Waals surface area contributed by atoms with Crippen molar-refractivity contribution in [1.29, 1.82) is 0 Å². The predicted octanol–water partition coefficient (Wildman–Crippen LogP) is 2.61. The summed E-state index contributed by atoms with van der Waals surface area (Å²) in [6, 6.07) is 11.7. The molecule has 2 atom stereocenters. The lowest BCUT2D eigenvalue weighted by molar-refractivity contribution is 0.0653. The normalized spacial score (nSPS) is 21.2. The van der Waals surface area contributed by atoms with Gasteiger partial charge in [0, 0.05) is 31.1 Å². The average molecular weight is 372 g/mol. The molecule has 6 nitrogen and oxygen atoms in total. The molecule has 2 aliphatic rings. The van der Waals surface area contributed by atoms with Gasteiger partial charge >= 0.3 is 6.03 Å².